The summed E-state index contributed by atoms with van der Waals surface area (Å²) in [5.74, 6) is 0.782. The maximum absolute atomic E-state index is 12.0. The predicted octanol–water partition coefficient (Wildman–Crippen LogP) is 2.18. The minimum Gasteiger partial charge on any atom is -0.465 e. The van der Waals surface area contributed by atoms with Crippen molar-refractivity contribution in [2.45, 2.75) is 64.5 Å². The van der Waals surface area contributed by atoms with E-state index in [9.17, 15) is 4.79 Å². The number of carbonyl (C=O) groups is 1. The fraction of sp³-hybridized carbons (Fsp3) is 0.938. The van der Waals surface area contributed by atoms with Gasteiger partial charge in [0, 0.05) is 19.1 Å². The molecule has 1 heterocycles. The van der Waals surface area contributed by atoms with Crippen LogP contribution < -0.4 is 5.32 Å². The molecule has 2 aliphatic rings. The van der Waals surface area contributed by atoms with Crippen LogP contribution in [0.5, 0.6) is 0 Å². The summed E-state index contributed by atoms with van der Waals surface area (Å²) in [4.78, 5) is 14.5. The van der Waals surface area contributed by atoms with Crippen LogP contribution in [-0.4, -0.2) is 49.2 Å². The molecule has 20 heavy (non-hydrogen) atoms. The van der Waals surface area contributed by atoms with Gasteiger partial charge < -0.3 is 15.0 Å². The Morgan fingerprint density at radius 1 is 1.35 bits per heavy atom. The molecular weight excluding hydrogens is 252 g/mol. The third-order valence-electron chi connectivity index (χ3n) is 4.50. The van der Waals surface area contributed by atoms with Gasteiger partial charge in [-0.05, 0) is 51.5 Å². The summed E-state index contributed by atoms with van der Waals surface area (Å²) >= 11 is 0. The van der Waals surface area contributed by atoms with Crippen molar-refractivity contribution in [3.8, 4) is 0 Å². The molecule has 1 N–H and O–H groups in total. The Labute approximate surface area is 123 Å². The number of nitrogens with zero attached hydrogens (tertiary/aromatic N) is 1. The number of rotatable bonds is 8. The maximum atomic E-state index is 12.0. The van der Waals surface area contributed by atoms with Crippen molar-refractivity contribution >= 4 is 5.97 Å². The van der Waals surface area contributed by atoms with E-state index in [0.717, 1.165) is 18.9 Å². The van der Waals surface area contributed by atoms with Crippen LogP contribution in [0.15, 0.2) is 0 Å². The van der Waals surface area contributed by atoms with Crippen molar-refractivity contribution in [2.75, 3.05) is 26.2 Å². The molecule has 1 aliphatic heterocycles. The fourth-order valence-electron chi connectivity index (χ4n) is 3.05. The largest absolute Gasteiger partial charge is 0.465 e. The van der Waals surface area contributed by atoms with Crippen LogP contribution in [-0.2, 0) is 9.53 Å². The molecule has 4 nitrogen and oxygen atoms in total. The van der Waals surface area contributed by atoms with Crippen molar-refractivity contribution in [3.05, 3.63) is 0 Å². The molecule has 1 saturated heterocycles. The lowest BCUT2D eigenvalue weighted by atomic mass is 9.95. The first-order valence-corrected chi connectivity index (χ1v) is 8.38. The van der Waals surface area contributed by atoms with E-state index in [4.69, 9.17) is 4.74 Å². The second-order valence-electron chi connectivity index (χ2n) is 6.25. The van der Waals surface area contributed by atoms with Crippen LogP contribution in [0.4, 0.5) is 0 Å². The molecule has 2 atom stereocenters. The van der Waals surface area contributed by atoms with Crippen LogP contribution in [0.3, 0.4) is 0 Å². The Balaban J connectivity index is 1.76. The molecule has 0 aromatic carbocycles. The minimum absolute atomic E-state index is 0.0662. The van der Waals surface area contributed by atoms with Gasteiger partial charge in [-0.1, -0.05) is 13.3 Å². The van der Waals surface area contributed by atoms with Crippen LogP contribution in [0, 0.1) is 5.92 Å². The molecule has 2 fully saturated rings. The Morgan fingerprint density at radius 2 is 2.15 bits per heavy atom. The van der Waals surface area contributed by atoms with E-state index in [1.54, 1.807) is 0 Å². The summed E-state index contributed by atoms with van der Waals surface area (Å²) in [5.41, 5.74) is 0. The predicted molar refractivity (Wildman–Crippen MR) is 80.7 cm³/mol. The minimum atomic E-state index is -0.107. The van der Waals surface area contributed by atoms with E-state index in [1.807, 2.05) is 6.92 Å². The molecule has 4 heteroatoms. The number of nitrogens with one attached hydrogen (secondary N) is 1. The zero-order valence-electron chi connectivity index (χ0n) is 13.1. The Bertz CT molecular complexity index is 305. The summed E-state index contributed by atoms with van der Waals surface area (Å²) in [5, 5.41) is 3.44. The number of ether oxygens (including phenoxy) is 1. The number of piperidine rings is 1. The second-order valence-corrected chi connectivity index (χ2v) is 6.25. The normalized spacial score (nSPS) is 25.4. The first kappa shape index (κ1) is 15.8. The van der Waals surface area contributed by atoms with Gasteiger partial charge in [0.05, 0.1) is 6.61 Å². The Hall–Kier alpha value is -0.610. The first-order chi connectivity index (χ1) is 9.72. The highest BCUT2D eigenvalue weighted by atomic mass is 16.5. The zero-order valence-corrected chi connectivity index (χ0v) is 13.1. The average molecular weight is 282 g/mol. The van der Waals surface area contributed by atoms with Crippen molar-refractivity contribution in [2.24, 2.45) is 5.92 Å². The molecule has 0 spiro atoms. The number of hydrogen-bond acceptors (Lipinski definition) is 4. The van der Waals surface area contributed by atoms with E-state index in [-0.39, 0.29) is 12.0 Å². The van der Waals surface area contributed by atoms with Gasteiger partial charge >= 0.3 is 5.97 Å². The highest BCUT2D eigenvalue weighted by molar-refractivity contribution is 5.75. The smallest absolute Gasteiger partial charge is 0.323 e. The molecule has 0 bridgehead atoms. The third kappa shape index (κ3) is 5.06. The van der Waals surface area contributed by atoms with Crippen LogP contribution >= 0.6 is 0 Å². The van der Waals surface area contributed by atoms with E-state index in [1.165, 1.54) is 45.2 Å². The Kier molecular flexibility index (Phi) is 6.30. The van der Waals surface area contributed by atoms with Gasteiger partial charge in [0.15, 0.2) is 0 Å². The maximum Gasteiger partial charge on any atom is 0.323 e. The number of esters is 1. The summed E-state index contributed by atoms with van der Waals surface area (Å²) < 4.78 is 5.19. The lowest BCUT2D eigenvalue weighted by Gasteiger charge is -2.33. The van der Waals surface area contributed by atoms with Gasteiger partial charge in [-0.15, -0.1) is 0 Å². The van der Waals surface area contributed by atoms with Gasteiger partial charge in [0.25, 0.3) is 0 Å². The molecule has 1 aliphatic carbocycles. The molecule has 0 aromatic rings. The monoisotopic (exact) mass is 282 g/mol. The third-order valence-corrected chi connectivity index (χ3v) is 4.50. The molecule has 2 rings (SSSR count). The van der Waals surface area contributed by atoms with Crippen molar-refractivity contribution in [1.29, 1.82) is 0 Å². The van der Waals surface area contributed by atoms with Crippen molar-refractivity contribution < 1.29 is 9.53 Å². The summed E-state index contributed by atoms with van der Waals surface area (Å²) in [6.07, 6.45) is 7.24. The van der Waals surface area contributed by atoms with E-state index in [2.05, 4.69) is 17.1 Å². The summed E-state index contributed by atoms with van der Waals surface area (Å²) in [6.45, 7) is 8.04. The fourth-order valence-corrected chi connectivity index (χ4v) is 3.05. The molecular formula is C16H30N2O2. The lowest BCUT2D eigenvalue weighted by Crippen LogP contribution is -2.43. The molecule has 116 valence electrons. The zero-order chi connectivity index (χ0) is 14.4. The lowest BCUT2D eigenvalue weighted by molar-refractivity contribution is -0.146. The molecule has 0 aromatic heterocycles. The summed E-state index contributed by atoms with van der Waals surface area (Å²) in [7, 11) is 0. The van der Waals surface area contributed by atoms with Crippen LogP contribution in [0.2, 0.25) is 0 Å². The number of carbonyl (C=O) groups excluding carboxylic acids is 1. The van der Waals surface area contributed by atoms with E-state index in [0.29, 0.717) is 12.6 Å². The van der Waals surface area contributed by atoms with E-state index >= 15 is 0 Å². The van der Waals surface area contributed by atoms with Gasteiger partial charge in [0.2, 0.25) is 0 Å². The van der Waals surface area contributed by atoms with Gasteiger partial charge in [-0.2, -0.15) is 0 Å². The molecule has 1 saturated carbocycles. The second kappa shape index (κ2) is 7.99. The number of likely N-dealkylation sites (tertiary alicyclic amines) is 1. The number of hydrogen-bond donors (Lipinski definition) is 1. The SMILES string of the molecule is CCOC(=O)C(CCN1CCCC(CC)C1)NC1CC1. The van der Waals surface area contributed by atoms with Crippen LogP contribution in [0.1, 0.15) is 52.4 Å². The molecule has 0 amide bonds. The van der Waals surface area contributed by atoms with Crippen LogP contribution in [0.25, 0.3) is 0 Å². The molecule has 0 radical (unpaired) electrons. The van der Waals surface area contributed by atoms with Gasteiger partial charge in [-0.25, -0.2) is 0 Å². The van der Waals surface area contributed by atoms with Gasteiger partial charge in [-0.3, -0.25) is 4.79 Å². The quantitative estimate of drug-likeness (QED) is 0.693. The topological polar surface area (TPSA) is 41.6 Å². The van der Waals surface area contributed by atoms with Gasteiger partial charge in [0.1, 0.15) is 6.04 Å². The van der Waals surface area contributed by atoms with Crippen molar-refractivity contribution in [3.63, 3.8) is 0 Å². The van der Waals surface area contributed by atoms with E-state index < -0.39 is 0 Å². The highest BCUT2D eigenvalue weighted by Gasteiger charge is 2.29. The van der Waals surface area contributed by atoms with Crippen molar-refractivity contribution in [1.82, 2.24) is 10.2 Å². The Morgan fingerprint density at radius 3 is 2.80 bits per heavy atom. The summed E-state index contributed by atoms with van der Waals surface area (Å²) in [6, 6.07) is 0.443. The average Bonchev–Trinajstić information content (AvgIpc) is 3.28. The first-order valence-electron chi connectivity index (χ1n) is 8.38. The molecule has 2 unspecified atom stereocenters. The highest BCUT2D eigenvalue weighted by Crippen LogP contribution is 2.22. The standard InChI is InChI=1S/C16H30N2O2/c1-3-13-6-5-10-18(12-13)11-9-15(16(19)20-4-2)17-14-7-8-14/h13-15,17H,3-12H2,1-2H3.